The minimum Gasteiger partial charge on any atom is -0.497 e. The van der Waals surface area contributed by atoms with E-state index in [0.717, 1.165) is 0 Å². The highest BCUT2D eigenvalue weighted by atomic mass is 35.5. The molecule has 39 heavy (non-hydrogen) atoms. The van der Waals surface area contributed by atoms with Gasteiger partial charge in [0.05, 0.1) is 33.7 Å². The standard InChI is InChI=1S/C26H27Cl2N3O6S2/c1-37-22-9-5-21(6-10-22)30-39(35,36)23-11-7-20(8-12-23)29-26(32)19-3-2-14-31(16-19)38(33,34)17-18-4-13-24(27)25(28)15-18/h4-13,15,19,30H,2-3,14,16-17H2,1H3,(H,29,32). The maximum absolute atomic E-state index is 13.0. The van der Waals surface area contributed by atoms with Gasteiger partial charge in [0.15, 0.2) is 0 Å². The van der Waals surface area contributed by atoms with Crippen LogP contribution in [0.15, 0.2) is 71.6 Å². The van der Waals surface area contributed by atoms with E-state index in [-0.39, 0.29) is 28.1 Å². The Hall–Kier alpha value is -2.83. The lowest BCUT2D eigenvalue weighted by molar-refractivity contribution is -0.120. The molecule has 1 aliphatic heterocycles. The maximum atomic E-state index is 13.0. The zero-order valence-electron chi connectivity index (χ0n) is 20.9. The molecule has 0 bridgehead atoms. The van der Waals surface area contributed by atoms with E-state index in [1.165, 1.54) is 41.7 Å². The predicted octanol–water partition coefficient (Wildman–Crippen LogP) is 4.98. The van der Waals surface area contributed by atoms with Crippen molar-refractivity contribution >= 4 is 60.5 Å². The fourth-order valence-electron chi connectivity index (χ4n) is 4.18. The van der Waals surface area contributed by atoms with Gasteiger partial charge in [-0.1, -0.05) is 29.3 Å². The largest absolute Gasteiger partial charge is 0.497 e. The Morgan fingerprint density at radius 3 is 2.26 bits per heavy atom. The van der Waals surface area contributed by atoms with E-state index in [0.29, 0.717) is 47.1 Å². The van der Waals surface area contributed by atoms with Crippen molar-refractivity contribution in [1.82, 2.24) is 4.31 Å². The molecule has 0 radical (unpaired) electrons. The fourth-order valence-corrected chi connectivity index (χ4v) is 7.15. The van der Waals surface area contributed by atoms with Crippen molar-refractivity contribution in [2.24, 2.45) is 5.92 Å². The molecule has 3 aromatic carbocycles. The number of amides is 1. The molecule has 1 atom stereocenters. The molecule has 1 saturated heterocycles. The molecular weight excluding hydrogens is 585 g/mol. The number of ether oxygens (including phenoxy) is 1. The van der Waals surface area contributed by atoms with Crippen LogP contribution in [0.2, 0.25) is 10.0 Å². The number of carbonyl (C=O) groups is 1. The molecular formula is C26H27Cl2N3O6S2. The summed E-state index contributed by atoms with van der Waals surface area (Å²) in [5.41, 5.74) is 1.29. The van der Waals surface area contributed by atoms with Crippen molar-refractivity contribution < 1.29 is 26.4 Å². The Bertz CT molecular complexity index is 1550. The number of piperidine rings is 1. The van der Waals surface area contributed by atoms with Crippen molar-refractivity contribution in [2.45, 2.75) is 23.5 Å². The number of benzene rings is 3. The van der Waals surface area contributed by atoms with Gasteiger partial charge in [0.2, 0.25) is 15.9 Å². The first-order valence-electron chi connectivity index (χ1n) is 12.0. The molecule has 3 aromatic rings. The smallest absolute Gasteiger partial charge is 0.261 e. The summed E-state index contributed by atoms with van der Waals surface area (Å²) in [7, 11) is -6.01. The van der Waals surface area contributed by atoms with Crippen LogP contribution < -0.4 is 14.8 Å². The van der Waals surface area contributed by atoms with Gasteiger partial charge in [-0.3, -0.25) is 9.52 Å². The Labute approximate surface area is 238 Å². The number of hydrogen-bond acceptors (Lipinski definition) is 6. The number of hydrogen-bond donors (Lipinski definition) is 2. The van der Waals surface area contributed by atoms with E-state index in [2.05, 4.69) is 10.0 Å². The average Bonchev–Trinajstić information content (AvgIpc) is 2.91. The highest BCUT2D eigenvalue weighted by molar-refractivity contribution is 7.92. The maximum Gasteiger partial charge on any atom is 0.261 e. The lowest BCUT2D eigenvalue weighted by atomic mass is 9.99. The third kappa shape index (κ3) is 7.43. The minimum atomic E-state index is -3.85. The molecule has 0 spiro atoms. The van der Waals surface area contributed by atoms with E-state index >= 15 is 0 Å². The molecule has 0 aromatic heterocycles. The van der Waals surface area contributed by atoms with Gasteiger partial charge < -0.3 is 10.1 Å². The third-order valence-corrected chi connectivity index (χ3v) is 10.2. The number of carbonyl (C=O) groups excluding carboxylic acids is 1. The van der Waals surface area contributed by atoms with E-state index in [1.54, 1.807) is 36.4 Å². The van der Waals surface area contributed by atoms with Crippen molar-refractivity contribution in [2.75, 3.05) is 30.2 Å². The summed E-state index contributed by atoms with van der Waals surface area (Å²) in [6, 6.07) is 16.9. The lowest BCUT2D eigenvalue weighted by Crippen LogP contribution is -2.44. The summed E-state index contributed by atoms with van der Waals surface area (Å²) >= 11 is 11.9. The summed E-state index contributed by atoms with van der Waals surface area (Å²) in [5, 5.41) is 3.38. The van der Waals surface area contributed by atoms with Crippen LogP contribution in [0, 0.1) is 5.92 Å². The van der Waals surface area contributed by atoms with Crippen LogP contribution >= 0.6 is 23.2 Å². The Morgan fingerprint density at radius 1 is 0.949 bits per heavy atom. The molecule has 1 unspecified atom stereocenters. The SMILES string of the molecule is COc1ccc(NS(=O)(=O)c2ccc(NC(=O)C3CCCN(S(=O)(=O)Cc4ccc(Cl)c(Cl)c4)C3)cc2)cc1. The quantitative estimate of drug-likeness (QED) is 0.352. The number of halogens is 2. The number of rotatable bonds is 9. The second kappa shape index (κ2) is 12.1. The number of nitrogens with zero attached hydrogens (tertiary/aromatic N) is 1. The molecule has 1 aliphatic rings. The summed E-state index contributed by atoms with van der Waals surface area (Å²) < 4.78 is 60.4. The normalized spacial score (nSPS) is 16.4. The zero-order valence-corrected chi connectivity index (χ0v) is 24.1. The number of nitrogens with one attached hydrogen (secondary N) is 2. The van der Waals surface area contributed by atoms with Crippen molar-refractivity contribution in [3.05, 3.63) is 82.3 Å². The van der Waals surface area contributed by atoms with E-state index in [1.807, 2.05) is 0 Å². The molecule has 1 heterocycles. The molecule has 208 valence electrons. The average molecular weight is 613 g/mol. The first kappa shape index (κ1) is 29.2. The van der Waals surface area contributed by atoms with Crippen molar-refractivity contribution in [3.63, 3.8) is 0 Å². The first-order valence-corrected chi connectivity index (χ1v) is 15.8. The van der Waals surface area contributed by atoms with Crippen molar-refractivity contribution in [3.8, 4) is 5.75 Å². The summed E-state index contributed by atoms with van der Waals surface area (Å²) in [6.07, 6.45) is 1.07. The topological polar surface area (TPSA) is 122 Å². The molecule has 1 amide bonds. The zero-order chi connectivity index (χ0) is 28.2. The van der Waals surface area contributed by atoms with Crippen LogP contribution in [0.4, 0.5) is 11.4 Å². The number of sulfonamides is 2. The van der Waals surface area contributed by atoms with Gasteiger partial charge in [0.1, 0.15) is 5.75 Å². The lowest BCUT2D eigenvalue weighted by Gasteiger charge is -2.31. The second-order valence-corrected chi connectivity index (χ2v) is 13.5. The molecule has 4 rings (SSSR count). The van der Waals surface area contributed by atoms with Gasteiger partial charge in [0, 0.05) is 24.5 Å². The van der Waals surface area contributed by atoms with E-state index < -0.39 is 26.0 Å². The molecule has 9 nitrogen and oxygen atoms in total. The van der Waals surface area contributed by atoms with Gasteiger partial charge in [-0.05, 0) is 79.1 Å². The molecule has 1 fully saturated rings. The fraction of sp³-hybridized carbons (Fsp3) is 0.269. The van der Waals surface area contributed by atoms with Gasteiger partial charge >= 0.3 is 0 Å². The monoisotopic (exact) mass is 611 g/mol. The molecule has 0 saturated carbocycles. The number of methoxy groups -OCH3 is 1. The molecule has 0 aliphatic carbocycles. The van der Waals surface area contributed by atoms with E-state index in [4.69, 9.17) is 27.9 Å². The predicted molar refractivity (Wildman–Crippen MR) is 152 cm³/mol. The van der Waals surface area contributed by atoms with Gasteiger partial charge in [-0.2, -0.15) is 0 Å². The highest BCUT2D eigenvalue weighted by Crippen LogP contribution is 2.27. The Kier molecular flexibility index (Phi) is 9.07. The van der Waals surface area contributed by atoms with Crippen LogP contribution in [0.25, 0.3) is 0 Å². The van der Waals surface area contributed by atoms with Crippen LogP contribution in [-0.2, 0) is 30.6 Å². The summed E-state index contributed by atoms with van der Waals surface area (Å²) in [4.78, 5) is 13.0. The van der Waals surface area contributed by atoms with Crippen LogP contribution in [0.1, 0.15) is 18.4 Å². The summed E-state index contributed by atoms with van der Waals surface area (Å²) in [5.74, 6) is -0.541. The molecule has 2 N–H and O–H groups in total. The minimum absolute atomic E-state index is 0.0218. The van der Waals surface area contributed by atoms with Crippen molar-refractivity contribution in [1.29, 1.82) is 0 Å². The van der Waals surface area contributed by atoms with Gasteiger partial charge in [-0.25, -0.2) is 21.1 Å². The first-order chi connectivity index (χ1) is 18.5. The Balaban J connectivity index is 1.37. The third-order valence-electron chi connectivity index (χ3n) is 6.26. The van der Waals surface area contributed by atoms with Gasteiger partial charge in [0.25, 0.3) is 10.0 Å². The van der Waals surface area contributed by atoms with E-state index in [9.17, 15) is 21.6 Å². The van der Waals surface area contributed by atoms with Crippen LogP contribution in [0.5, 0.6) is 5.75 Å². The number of anilines is 2. The Morgan fingerprint density at radius 2 is 1.62 bits per heavy atom. The van der Waals surface area contributed by atoms with Gasteiger partial charge in [-0.15, -0.1) is 0 Å². The highest BCUT2D eigenvalue weighted by Gasteiger charge is 2.32. The summed E-state index contributed by atoms with van der Waals surface area (Å²) in [6.45, 7) is 0.370. The second-order valence-electron chi connectivity index (χ2n) is 9.05. The molecule has 13 heteroatoms. The van der Waals surface area contributed by atoms with Crippen LogP contribution in [0.3, 0.4) is 0 Å². The van der Waals surface area contributed by atoms with Crippen LogP contribution in [-0.4, -0.2) is 47.2 Å².